The van der Waals surface area contributed by atoms with Gasteiger partial charge in [0.15, 0.2) is 0 Å². The van der Waals surface area contributed by atoms with Crippen LogP contribution in [0.25, 0.3) is 0 Å². The first kappa shape index (κ1) is 7.78. The number of hydrogen-bond donors (Lipinski definition) is 1. The van der Waals surface area contributed by atoms with Crippen molar-refractivity contribution in [3.05, 3.63) is 18.1 Å². The zero-order valence-electron chi connectivity index (χ0n) is 6.17. The average molecular weight is 156 g/mol. The SMILES string of the molecule is CCOc1nc(F)ccc1N. The van der Waals surface area contributed by atoms with Crippen LogP contribution in [0.4, 0.5) is 10.1 Å². The Bertz CT molecular complexity index is 252. The van der Waals surface area contributed by atoms with E-state index < -0.39 is 5.95 Å². The van der Waals surface area contributed by atoms with E-state index in [9.17, 15) is 4.39 Å². The van der Waals surface area contributed by atoms with Gasteiger partial charge in [-0.15, -0.1) is 0 Å². The molecule has 1 aromatic heterocycles. The summed E-state index contributed by atoms with van der Waals surface area (Å²) in [7, 11) is 0. The van der Waals surface area contributed by atoms with Gasteiger partial charge in [0.2, 0.25) is 11.8 Å². The van der Waals surface area contributed by atoms with E-state index in [1.54, 1.807) is 6.92 Å². The van der Waals surface area contributed by atoms with Gasteiger partial charge in [0.1, 0.15) is 0 Å². The topological polar surface area (TPSA) is 48.1 Å². The first-order valence-electron chi connectivity index (χ1n) is 3.29. The standard InChI is InChI=1S/C7H9FN2O/c1-2-11-7-5(9)3-4-6(8)10-7/h3-4H,2,9H2,1H3. The Kier molecular flexibility index (Phi) is 2.25. The lowest BCUT2D eigenvalue weighted by Crippen LogP contribution is -2.00. The summed E-state index contributed by atoms with van der Waals surface area (Å²) >= 11 is 0. The Morgan fingerprint density at radius 3 is 3.00 bits per heavy atom. The molecule has 1 aromatic rings. The molecule has 0 aromatic carbocycles. The van der Waals surface area contributed by atoms with Gasteiger partial charge in [-0.05, 0) is 19.1 Å². The molecule has 0 fully saturated rings. The number of nitrogen functional groups attached to an aromatic ring is 1. The fourth-order valence-corrected chi connectivity index (χ4v) is 0.681. The molecule has 0 unspecified atom stereocenters. The lowest BCUT2D eigenvalue weighted by molar-refractivity contribution is 0.323. The molecular weight excluding hydrogens is 147 g/mol. The highest BCUT2D eigenvalue weighted by atomic mass is 19.1. The van der Waals surface area contributed by atoms with Crippen LogP contribution >= 0.6 is 0 Å². The van der Waals surface area contributed by atoms with Gasteiger partial charge in [-0.1, -0.05) is 0 Å². The van der Waals surface area contributed by atoms with E-state index in [1.807, 2.05) is 0 Å². The number of ether oxygens (including phenoxy) is 1. The average Bonchev–Trinajstić information content (AvgIpc) is 1.98. The van der Waals surface area contributed by atoms with Crippen LogP contribution < -0.4 is 10.5 Å². The predicted octanol–water partition coefficient (Wildman–Crippen LogP) is 1.20. The number of halogens is 1. The highest BCUT2D eigenvalue weighted by molar-refractivity contribution is 5.46. The Hall–Kier alpha value is -1.32. The van der Waals surface area contributed by atoms with Gasteiger partial charge in [0.05, 0.1) is 12.3 Å². The fraction of sp³-hybridized carbons (Fsp3) is 0.286. The maximum Gasteiger partial charge on any atom is 0.239 e. The molecule has 0 aliphatic carbocycles. The summed E-state index contributed by atoms with van der Waals surface area (Å²) in [5.41, 5.74) is 5.78. The first-order valence-corrected chi connectivity index (χ1v) is 3.29. The molecule has 0 spiro atoms. The van der Waals surface area contributed by atoms with Gasteiger partial charge in [0, 0.05) is 0 Å². The van der Waals surface area contributed by atoms with Crippen LogP contribution in [0.2, 0.25) is 0 Å². The van der Waals surface area contributed by atoms with E-state index in [-0.39, 0.29) is 5.88 Å². The second-order valence-corrected chi connectivity index (χ2v) is 1.96. The van der Waals surface area contributed by atoms with Crippen LogP contribution in [0.3, 0.4) is 0 Å². The van der Waals surface area contributed by atoms with E-state index >= 15 is 0 Å². The van der Waals surface area contributed by atoms with Crippen molar-refractivity contribution in [1.82, 2.24) is 4.98 Å². The Balaban J connectivity index is 2.93. The summed E-state index contributed by atoms with van der Waals surface area (Å²) in [4.78, 5) is 3.45. The third-order valence-electron chi connectivity index (χ3n) is 1.14. The summed E-state index contributed by atoms with van der Waals surface area (Å²) in [6.45, 7) is 2.21. The Morgan fingerprint density at radius 2 is 2.36 bits per heavy atom. The molecule has 0 atom stereocenters. The van der Waals surface area contributed by atoms with Crippen LogP contribution in [-0.4, -0.2) is 11.6 Å². The van der Waals surface area contributed by atoms with Crippen LogP contribution in [0.5, 0.6) is 5.88 Å². The minimum Gasteiger partial charge on any atom is -0.476 e. The van der Waals surface area contributed by atoms with Crippen LogP contribution in [0.1, 0.15) is 6.92 Å². The smallest absolute Gasteiger partial charge is 0.239 e. The van der Waals surface area contributed by atoms with Gasteiger partial charge < -0.3 is 10.5 Å². The van der Waals surface area contributed by atoms with Crippen molar-refractivity contribution in [2.24, 2.45) is 0 Å². The van der Waals surface area contributed by atoms with Crippen LogP contribution in [0.15, 0.2) is 12.1 Å². The molecule has 11 heavy (non-hydrogen) atoms. The molecular formula is C7H9FN2O. The van der Waals surface area contributed by atoms with E-state index in [0.717, 1.165) is 0 Å². The number of aromatic nitrogens is 1. The van der Waals surface area contributed by atoms with Crippen molar-refractivity contribution in [1.29, 1.82) is 0 Å². The van der Waals surface area contributed by atoms with E-state index in [0.29, 0.717) is 12.3 Å². The molecule has 3 nitrogen and oxygen atoms in total. The molecule has 1 heterocycles. The Morgan fingerprint density at radius 1 is 1.64 bits per heavy atom. The molecule has 0 aliphatic rings. The number of hydrogen-bond acceptors (Lipinski definition) is 3. The highest BCUT2D eigenvalue weighted by Crippen LogP contribution is 2.17. The van der Waals surface area contributed by atoms with Crippen molar-refractivity contribution < 1.29 is 9.13 Å². The summed E-state index contributed by atoms with van der Waals surface area (Å²) in [6.07, 6.45) is 0. The van der Waals surface area contributed by atoms with Gasteiger partial charge in [0.25, 0.3) is 0 Å². The summed E-state index contributed by atoms with van der Waals surface area (Å²) in [6, 6.07) is 2.62. The van der Waals surface area contributed by atoms with Gasteiger partial charge >= 0.3 is 0 Å². The minimum atomic E-state index is -0.581. The first-order chi connectivity index (χ1) is 5.24. The zero-order chi connectivity index (χ0) is 8.27. The van der Waals surface area contributed by atoms with Gasteiger partial charge in [-0.3, -0.25) is 0 Å². The second-order valence-electron chi connectivity index (χ2n) is 1.96. The maximum atomic E-state index is 12.4. The quantitative estimate of drug-likeness (QED) is 0.654. The van der Waals surface area contributed by atoms with Crippen LogP contribution in [-0.2, 0) is 0 Å². The van der Waals surface area contributed by atoms with Crippen molar-refractivity contribution in [2.45, 2.75) is 6.92 Å². The molecule has 0 amide bonds. The van der Waals surface area contributed by atoms with E-state index in [2.05, 4.69) is 4.98 Å². The molecule has 0 saturated heterocycles. The highest BCUT2D eigenvalue weighted by Gasteiger charge is 2.01. The summed E-state index contributed by atoms with van der Waals surface area (Å²) in [5, 5.41) is 0. The van der Waals surface area contributed by atoms with Crippen molar-refractivity contribution >= 4 is 5.69 Å². The van der Waals surface area contributed by atoms with Gasteiger partial charge in [-0.2, -0.15) is 9.37 Å². The number of nitrogens with zero attached hydrogens (tertiary/aromatic N) is 1. The molecule has 0 bridgehead atoms. The number of pyridine rings is 1. The normalized spacial score (nSPS) is 9.64. The van der Waals surface area contributed by atoms with Gasteiger partial charge in [-0.25, -0.2) is 0 Å². The van der Waals surface area contributed by atoms with Crippen molar-refractivity contribution in [3.63, 3.8) is 0 Å². The predicted molar refractivity (Wildman–Crippen MR) is 39.8 cm³/mol. The maximum absolute atomic E-state index is 12.4. The fourth-order valence-electron chi connectivity index (χ4n) is 0.681. The lowest BCUT2D eigenvalue weighted by atomic mass is 10.4. The largest absolute Gasteiger partial charge is 0.476 e. The summed E-state index contributed by atoms with van der Waals surface area (Å²) in [5.74, 6) is -0.421. The number of rotatable bonds is 2. The molecule has 4 heteroatoms. The minimum absolute atomic E-state index is 0.160. The number of anilines is 1. The molecule has 2 N–H and O–H groups in total. The third kappa shape index (κ3) is 1.80. The Labute approximate surface area is 64.0 Å². The van der Waals surface area contributed by atoms with E-state index in [4.69, 9.17) is 10.5 Å². The molecule has 0 aliphatic heterocycles. The summed E-state index contributed by atoms with van der Waals surface area (Å²) < 4.78 is 17.4. The molecule has 1 rings (SSSR count). The van der Waals surface area contributed by atoms with Crippen LogP contribution in [0, 0.1) is 5.95 Å². The molecule has 0 saturated carbocycles. The molecule has 0 radical (unpaired) electrons. The lowest BCUT2D eigenvalue weighted by Gasteiger charge is -2.03. The third-order valence-corrected chi connectivity index (χ3v) is 1.14. The second kappa shape index (κ2) is 3.18. The zero-order valence-corrected chi connectivity index (χ0v) is 6.17. The molecule has 60 valence electrons. The van der Waals surface area contributed by atoms with Crippen molar-refractivity contribution in [2.75, 3.05) is 12.3 Å². The number of nitrogens with two attached hydrogens (primary N) is 1. The van der Waals surface area contributed by atoms with E-state index in [1.165, 1.54) is 12.1 Å². The monoisotopic (exact) mass is 156 g/mol. The van der Waals surface area contributed by atoms with Crippen molar-refractivity contribution in [3.8, 4) is 5.88 Å².